The standard InChI is InChI=1S/C11H17N3/c1-5-7-14-10(4)9(3)13-11(14)8-12-6-2/h6,8H,2,5,7H2,1,3-4H3. The van der Waals surface area contributed by atoms with E-state index >= 15 is 0 Å². The van der Waals surface area contributed by atoms with Crippen molar-refractivity contribution in [3.8, 4) is 0 Å². The summed E-state index contributed by atoms with van der Waals surface area (Å²) >= 11 is 0. The predicted molar refractivity (Wildman–Crippen MR) is 59.8 cm³/mol. The molecule has 0 atom stereocenters. The second kappa shape index (κ2) is 4.74. The fourth-order valence-corrected chi connectivity index (χ4v) is 1.40. The molecule has 0 aromatic carbocycles. The molecule has 0 spiro atoms. The van der Waals surface area contributed by atoms with E-state index in [9.17, 15) is 0 Å². The van der Waals surface area contributed by atoms with Gasteiger partial charge in [-0.2, -0.15) is 0 Å². The van der Waals surface area contributed by atoms with E-state index in [1.807, 2.05) is 6.92 Å². The maximum atomic E-state index is 4.43. The fraction of sp³-hybridized carbons (Fsp3) is 0.455. The number of hydrogen-bond donors (Lipinski definition) is 0. The summed E-state index contributed by atoms with van der Waals surface area (Å²) in [7, 11) is 0. The van der Waals surface area contributed by atoms with E-state index < -0.39 is 0 Å². The first-order valence-electron chi connectivity index (χ1n) is 4.88. The molecule has 0 N–H and O–H groups in total. The number of aryl methyl sites for hydroxylation is 1. The average Bonchev–Trinajstić information content (AvgIpc) is 2.43. The zero-order valence-electron chi connectivity index (χ0n) is 9.12. The van der Waals surface area contributed by atoms with Crippen molar-refractivity contribution in [3.05, 3.63) is 30.0 Å². The Hall–Kier alpha value is -1.38. The molecule has 0 radical (unpaired) electrons. The van der Waals surface area contributed by atoms with Crippen molar-refractivity contribution in [2.45, 2.75) is 33.7 Å². The predicted octanol–water partition coefficient (Wildman–Crippen LogP) is 2.47. The molecule has 3 heteroatoms. The Kier molecular flexibility index (Phi) is 3.63. The average molecular weight is 191 g/mol. The molecule has 76 valence electrons. The number of imidazole rings is 1. The Balaban J connectivity index is 3.07. The molecule has 0 amide bonds. The van der Waals surface area contributed by atoms with Crippen LogP contribution >= 0.6 is 0 Å². The van der Waals surface area contributed by atoms with Crippen molar-refractivity contribution in [2.24, 2.45) is 4.99 Å². The van der Waals surface area contributed by atoms with Crippen molar-refractivity contribution in [2.75, 3.05) is 0 Å². The second-order valence-electron chi connectivity index (χ2n) is 3.25. The Labute approximate surface area is 85.2 Å². The molecular formula is C11H17N3. The van der Waals surface area contributed by atoms with E-state index in [1.54, 1.807) is 6.21 Å². The molecule has 1 heterocycles. The van der Waals surface area contributed by atoms with Gasteiger partial charge in [-0.15, -0.1) is 0 Å². The van der Waals surface area contributed by atoms with Gasteiger partial charge in [-0.1, -0.05) is 13.5 Å². The van der Waals surface area contributed by atoms with E-state index in [4.69, 9.17) is 0 Å². The molecule has 0 aliphatic heterocycles. The summed E-state index contributed by atoms with van der Waals surface area (Å²) in [6.45, 7) is 10.8. The van der Waals surface area contributed by atoms with Crippen LogP contribution in [0.3, 0.4) is 0 Å². The van der Waals surface area contributed by atoms with E-state index in [-0.39, 0.29) is 0 Å². The van der Waals surface area contributed by atoms with E-state index in [1.165, 1.54) is 11.9 Å². The second-order valence-corrected chi connectivity index (χ2v) is 3.25. The Morgan fingerprint density at radius 3 is 2.79 bits per heavy atom. The van der Waals surface area contributed by atoms with Gasteiger partial charge in [0.05, 0.1) is 11.9 Å². The lowest BCUT2D eigenvalue weighted by atomic mass is 10.3. The smallest absolute Gasteiger partial charge is 0.151 e. The molecule has 0 aliphatic carbocycles. The normalized spacial score (nSPS) is 11.1. The molecule has 1 aromatic rings. The molecular weight excluding hydrogens is 174 g/mol. The van der Waals surface area contributed by atoms with E-state index in [0.717, 1.165) is 24.5 Å². The van der Waals surface area contributed by atoms with Gasteiger partial charge >= 0.3 is 0 Å². The molecule has 0 fully saturated rings. The van der Waals surface area contributed by atoms with Crippen LogP contribution < -0.4 is 0 Å². The van der Waals surface area contributed by atoms with Crippen LogP contribution in [0.2, 0.25) is 0 Å². The summed E-state index contributed by atoms with van der Waals surface area (Å²) in [5.74, 6) is 0.918. The zero-order valence-corrected chi connectivity index (χ0v) is 9.12. The maximum Gasteiger partial charge on any atom is 0.151 e. The van der Waals surface area contributed by atoms with Gasteiger partial charge in [-0.3, -0.25) is 4.99 Å². The van der Waals surface area contributed by atoms with Crippen LogP contribution in [0.1, 0.15) is 30.6 Å². The minimum absolute atomic E-state index is 0.918. The highest BCUT2D eigenvalue weighted by atomic mass is 15.1. The van der Waals surface area contributed by atoms with Gasteiger partial charge in [0.1, 0.15) is 0 Å². The SMILES string of the molecule is C=CN=Cc1nc(C)c(C)n1CCC. The van der Waals surface area contributed by atoms with Crippen molar-refractivity contribution >= 4 is 6.21 Å². The van der Waals surface area contributed by atoms with Crippen LogP contribution in [-0.2, 0) is 6.54 Å². The maximum absolute atomic E-state index is 4.43. The van der Waals surface area contributed by atoms with Crippen LogP contribution in [0.5, 0.6) is 0 Å². The number of rotatable bonds is 4. The van der Waals surface area contributed by atoms with Crippen LogP contribution in [0.4, 0.5) is 0 Å². The van der Waals surface area contributed by atoms with Crippen molar-refractivity contribution in [1.82, 2.24) is 9.55 Å². The first-order valence-corrected chi connectivity index (χ1v) is 4.88. The molecule has 0 saturated heterocycles. The third-order valence-electron chi connectivity index (χ3n) is 2.23. The van der Waals surface area contributed by atoms with E-state index in [2.05, 4.69) is 35.0 Å². The van der Waals surface area contributed by atoms with Crippen molar-refractivity contribution in [3.63, 3.8) is 0 Å². The summed E-state index contributed by atoms with van der Waals surface area (Å²) in [6.07, 6.45) is 4.38. The summed E-state index contributed by atoms with van der Waals surface area (Å²) in [5, 5.41) is 0. The van der Waals surface area contributed by atoms with Gasteiger partial charge in [0, 0.05) is 18.4 Å². The molecule has 14 heavy (non-hydrogen) atoms. The summed E-state index contributed by atoms with van der Waals surface area (Å²) in [5.41, 5.74) is 2.29. The zero-order chi connectivity index (χ0) is 10.6. The van der Waals surface area contributed by atoms with Gasteiger partial charge < -0.3 is 4.57 Å². The Bertz CT molecular complexity index is 348. The lowest BCUT2D eigenvalue weighted by Gasteiger charge is -2.04. The quantitative estimate of drug-likeness (QED) is 0.672. The van der Waals surface area contributed by atoms with E-state index in [0.29, 0.717) is 0 Å². The lowest BCUT2D eigenvalue weighted by Crippen LogP contribution is -2.04. The molecule has 1 aromatic heterocycles. The number of hydrogen-bond acceptors (Lipinski definition) is 2. The third kappa shape index (κ3) is 2.10. The lowest BCUT2D eigenvalue weighted by molar-refractivity contribution is 0.657. The van der Waals surface area contributed by atoms with Crippen LogP contribution in [-0.4, -0.2) is 15.8 Å². The third-order valence-corrected chi connectivity index (χ3v) is 2.23. The largest absolute Gasteiger partial charge is 0.327 e. The molecule has 0 aliphatic rings. The topological polar surface area (TPSA) is 30.2 Å². The van der Waals surface area contributed by atoms with Gasteiger partial charge in [0.25, 0.3) is 0 Å². The Morgan fingerprint density at radius 1 is 1.50 bits per heavy atom. The molecule has 0 unspecified atom stereocenters. The molecule has 1 rings (SSSR count). The first kappa shape index (κ1) is 10.7. The van der Waals surface area contributed by atoms with Crippen LogP contribution in [0.25, 0.3) is 0 Å². The number of nitrogens with zero attached hydrogens (tertiary/aromatic N) is 3. The first-order chi connectivity index (χ1) is 6.70. The number of aromatic nitrogens is 2. The number of aliphatic imine (C=N–C) groups is 1. The fourth-order valence-electron chi connectivity index (χ4n) is 1.40. The van der Waals surface area contributed by atoms with Gasteiger partial charge in [0.2, 0.25) is 0 Å². The molecule has 0 bridgehead atoms. The van der Waals surface area contributed by atoms with Gasteiger partial charge in [0.15, 0.2) is 5.82 Å². The van der Waals surface area contributed by atoms with Crippen molar-refractivity contribution < 1.29 is 0 Å². The van der Waals surface area contributed by atoms with Crippen LogP contribution in [0, 0.1) is 13.8 Å². The molecule has 3 nitrogen and oxygen atoms in total. The van der Waals surface area contributed by atoms with Gasteiger partial charge in [-0.25, -0.2) is 4.98 Å². The summed E-state index contributed by atoms with van der Waals surface area (Å²) in [4.78, 5) is 8.43. The van der Waals surface area contributed by atoms with Crippen molar-refractivity contribution in [1.29, 1.82) is 0 Å². The Morgan fingerprint density at radius 2 is 2.21 bits per heavy atom. The van der Waals surface area contributed by atoms with Crippen LogP contribution in [0.15, 0.2) is 17.8 Å². The highest BCUT2D eigenvalue weighted by Gasteiger charge is 2.07. The highest BCUT2D eigenvalue weighted by molar-refractivity contribution is 5.75. The van der Waals surface area contributed by atoms with Gasteiger partial charge in [-0.05, 0) is 20.3 Å². The minimum atomic E-state index is 0.918. The minimum Gasteiger partial charge on any atom is -0.327 e. The molecule has 0 saturated carbocycles. The summed E-state index contributed by atoms with van der Waals surface area (Å²) in [6, 6.07) is 0. The summed E-state index contributed by atoms with van der Waals surface area (Å²) < 4.78 is 2.18. The highest BCUT2D eigenvalue weighted by Crippen LogP contribution is 2.09. The monoisotopic (exact) mass is 191 g/mol.